The van der Waals surface area contributed by atoms with Crippen LogP contribution in [-0.4, -0.2) is 93.6 Å². The first-order chi connectivity index (χ1) is 19.5. The molecular formula is C26H32ClN7O6S. The molecule has 2 aromatic carbocycles. The third kappa shape index (κ3) is 7.38. The van der Waals surface area contributed by atoms with Crippen LogP contribution >= 0.6 is 11.6 Å². The van der Waals surface area contributed by atoms with Gasteiger partial charge in [0.25, 0.3) is 0 Å². The first-order valence-corrected chi connectivity index (χ1v) is 14.7. The number of anilines is 1. The molecule has 1 aliphatic rings. The Balaban J connectivity index is 1.62. The minimum atomic E-state index is -3.86. The van der Waals surface area contributed by atoms with Crippen molar-refractivity contribution in [2.45, 2.75) is 43.9 Å². The van der Waals surface area contributed by atoms with E-state index in [1.54, 1.807) is 30.0 Å². The Bertz CT molecular complexity index is 1470. The van der Waals surface area contributed by atoms with Crippen LogP contribution in [-0.2, 0) is 32.6 Å². The molecule has 1 aliphatic heterocycles. The molecular weight excluding hydrogens is 574 g/mol. The molecule has 0 aliphatic carbocycles. The molecule has 0 radical (unpaired) electrons. The van der Waals surface area contributed by atoms with Crippen molar-refractivity contribution in [2.75, 3.05) is 32.1 Å². The highest BCUT2D eigenvalue weighted by atomic mass is 35.5. The predicted octanol–water partition coefficient (Wildman–Crippen LogP) is 1.43. The topological polar surface area (TPSA) is 160 Å². The van der Waals surface area contributed by atoms with Gasteiger partial charge in [-0.25, -0.2) is 13.1 Å². The third-order valence-corrected chi connectivity index (χ3v) is 8.95. The SMILES string of the molecule is C[C@H]1CN([C@@H](C)CO)C(=O)Cc2cc(NC(=O)Cn3cnnn3)ccc2O[C@H]1CN(C)S(=O)(=O)c1ccc(Cl)cc1. The number of nitrogens with zero attached hydrogens (tertiary/aromatic N) is 6. The number of likely N-dealkylation sites (N-methyl/N-ethyl adjacent to an activating group) is 1. The lowest BCUT2D eigenvalue weighted by molar-refractivity contribution is -0.134. The summed E-state index contributed by atoms with van der Waals surface area (Å²) in [6, 6.07) is 10.4. The Morgan fingerprint density at radius 1 is 1.27 bits per heavy atom. The Hall–Kier alpha value is -3.59. The fourth-order valence-electron chi connectivity index (χ4n) is 4.46. The van der Waals surface area contributed by atoms with Crippen LogP contribution in [0.2, 0.25) is 5.02 Å². The van der Waals surface area contributed by atoms with E-state index in [0.29, 0.717) is 22.0 Å². The molecule has 0 fully saturated rings. The summed E-state index contributed by atoms with van der Waals surface area (Å²) in [5.41, 5.74) is 0.943. The molecule has 3 aromatic rings. The van der Waals surface area contributed by atoms with Gasteiger partial charge in [-0.05, 0) is 59.8 Å². The number of nitrogens with one attached hydrogen (secondary N) is 1. The van der Waals surface area contributed by atoms with E-state index in [1.807, 2.05) is 6.92 Å². The number of aromatic nitrogens is 4. The Labute approximate surface area is 243 Å². The van der Waals surface area contributed by atoms with Crippen LogP contribution in [0.3, 0.4) is 0 Å². The number of aliphatic hydroxyl groups excluding tert-OH is 1. The number of benzene rings is 2. The van der Waals surface area contributed by atoms with Crippen molar-refractivity contribution in [1.82, 2.24) is 29.4 Å². The molecule has 13 nitrogen and oxygen atoms in total. The molecule has 41 heavy (non-hydrogen) atoms. The van der Waals surface area contributed by atoms with Crippen LogP contribution in [0.25, 0.3) is 0 Å². The molecule has 3 atom stereocenters. The highest BCUT2D eigenvalue weighted by molar-refractivity contribution is 7.89. The van der Waals surface area contributed by atoms with Crippen LogP contribution in [0.5, 0.6) is 5.75 Å². The number of rotatable bonds is 9. The second-order valence-electron chi connectivity index (χ2n) is 10.0. The summed E-state index contributed by atoms with van der Waals surface area (Å²) in [5, 5.41) is 23.7. The van der Waals surface area contributed by atoms with Gasteiger partial charge in [-0.15, -0.1) is 5.10 Å². The number of sulfonamides is 1. The summed E-state index contributed by atoms with van der Waals surface area (Å²) < 4.78 is 35.5. The maximum atomic E-state index is 13.4. The quantitative estimate of drug-likeness (QED) is 0.368. The molecule has 0 unspecified atom stereocenters. The average Bonchev–Trinajstić information content (AvgIpc) is 3.45. The number of hydrogen-bond acceptors (Lipinski definition) is 9. The van der Waals surface area contributed by atoms with Crippen LogP contribution < -0.4 is 10.1 Å². The fraction of sp³-hybridized carbons (Fsp3) is 0.423. The molecule has 0 spiro atoms. The number of aliphatic hydroxyl groups is 1. The number of halogens is 1. The first-order valence-electron chi connectivity index (χ1n) is 12.9. The minimum absolute atomic E-state index is 0.00840. The van der Waals surface area contributed by atoms with Gasteiger partial charge in [-0.1, -0.05) is 18.5 Å². The zero-order chi connectivity index (χ0) is 29.7. The molecule has 2 N–H and O–H groups in total. The highest BCUT2D eigenvalue weighted by Gasteiger charge is 2.33. The lowest BCUT2D eigenvalue weighted by Gasteiger charge is -2.33. The normalized spacial score (nSPS) is 18.6. The van der Waals surface area contributed by atoms with E-state index in [0.717, 1.165) is 0 Å². The Morgan fingerprint density at radius 3 is 2.66 bits per heavy atom. The second-order valence-corrected chi connectivity index (χ2v) is 12.5. The van der Waals surface area contributed by atoms with E-state index in [2.05, 4.69) is 20.8 Å². The Morgan fingerprint density at radius 2 is 2.00 bits per heavy atom. The molecule has 15 heteroatoms. The summed E-state index contributed by atoms with van der Waals surface area (Å²) >= 11 is 5.94. The fourth-order valence-corrected chi connectivity index (χ4v) is 5.77. The molecule has 2 heterocycles. The lowest BCUT2D eigenvalue weighted by atomic mass is 10.0. The zero-order valence-corrected chi connectivity index (χ0v) is 24.4. The van der Waals surface area contributed by atoms with E-state index in [-0.39, 0.29) is 55.3 Å². The largest absolute Gasteiger partial charge is 0.488 e. The minimum Gasteiger partial charge on any atom is -0.488 e. The van der Waals surface area contributed by atoms with Gasteiger partial charge in [0, 0.05) is 35.8 Å². The van der Waals surface area contributed by atoms with Crippen molar-refractivity contribution in [3.05, 3.63) is 59.4 Å². The van der Waals surface area contributed by atoms with Crippen LogP contribution in [0.4, 0.5) is 5.69 Å². The Kier molecular flexibility index (Phi) is 9.58. The van der Waals surface area contributed by atoms with Crippen molar-refractivity contribution in [3.8, 4) is 5.75 Å². The molecule has 1 aromatic heterocycles. The molecule has 220 valence electrons. The van der Waals surface area contributed by atoms with Crippen LogP contribution in [0.15, 0.2) is 53.7 Å². The summed E-state index contributed by atoms with van der Waals surface area (Å²) in [7, 11) is -2.39. The van der Waals surface area contributed by atoms with Gasteiger partial charge in [0.15, 0.2) is 0 Å². The van der Waals surface area contributed by atoms with Gasteiger partial charge in [0.2, 0.25) is 21.8 Å². The maximum absolute atomic E-state index is 13.4. The van der Waals surface area contributed by atoms with Crippen molar-refractivity contribution in [3.63, 3.8) is 0 Å². The third-order valence-electron chi connectivity index (χ3n) is 6.86. The molecule has 0 bridgehead atoms. The number of tetrazole rings is 1. The molecule has 0 saturated carbocycles. The summed E-state index contributed by atoms with van der Waals surface area (Å²) in [4.78, 5) is 27.6. The molecule has 2 amide bonds. The number of hydrogen-bond donors (Lipinski definition) is 2. The van der Waals surface area contributed by atoms with Gasteiger partial charge in [0.1, 0.15) is 24.7 Å². The molecule has 4 rings (SSSR count). The van der Waals surface area contributed by atoms with Crippen molar-refractivity contribution in [1.29, 1.82) is 0 Å². The number of amides is 2. The monoisotopic (exact) mass is 605 g/mol. The van der Waals surface area contributed by atoms with Gasteiger partial charge in [0.05, 0.1) is 30.5 Å². The highest BCUT2D eigenvalue weighted by Crippen LogP contribution is 2.30. The number of carbonyl (C=O) groups excluding carboxylic acids is 2. The standard InChI is InChI=1S/C26H32ClN7O6S/c1-17-12-34(18(2)15-35)26(37)11-19-10-21(29-25(36)14-33-16-28-30-31-33)6-9-23(19)40-24(17)13-32(3)41(38,39)22-7-4-20(27)5-8-22/h4-10,16-18,24,35H,11-15H2,1-3H3,(H,29,36)/t17-,18-,24-/m0/s1. The van der Waals surface area contributed by atoms with Gasteiger partial charge in [-0.2, -0.15) is 4.31 Å². The number of ether oxygens (including phenoxy) is 1. The van der Waals surface area contributed by atoms with E-state index in [9.17, 15) is 23.1 Å². The van der Waals surface area contributed by atoms with Crippen LogP contribution in [0.1, 0.15) is 19.4 Å². The number of carbonyl (C=O) groups is 2. The van der Waals surface area contributed by atoms with Crippen molar-refractivity contribution >= 4 is 39.1 Å². The summed E-state index contributed by atoms with van der Waals surface area (Å²) in [5.74, 6) is -0.520. The average molecular weight is 606 g/mol. The van der Waals surface area contributed by atoms with Crippen LogP contribution in [0, 0.1) is 5.92 Å². The van der Waals surface area contributed by atoms with E-state index < -0.39 is 22.2 Å². The first kappa shape index (κ1) is 30.4. The summed E-state index contributed by atoms with van der Waals surface area (Å²) in [6.07, 6.45) is 0.619. The van der Waals surface area contributed by atoms with Crippen molar-refractivity contribution in [2.24, 2.45) is 5.92 Å². The zero-order valence-electron chi connectivity index (χ0n) is 22.8. The summed E-state index contributed by atoms with van der Waals surface area (Å²) in [6.45, 7) is 3.50. The van der Waals surface area contributed by atoms with Crippen molar-refractivity contribution < 1.29 is 27.9 Å². The molecule has 0 saturated heterocycles. The predicted molar refractivity (Wildman–Crippen MR) is 150 cm³/mol. The van der Waals surface area contributed by atoms with Gasteiger partial charge >= 0.3 is 0 Å². The number of fused-ring (bicyclic) bond motifs is 1. The van der Waals surface area contributed by atoms with Gasteiger partial charge < -0.3 is 20.1 Å². The van der Waals surface area contributed by atoms with E-state index in [4.69, 9.17) is 16.3 Å². The smallest absolute Gasteiger partial charge is 0.246 e. The maximum Gasteiger partial charge on any atom is 0.246 e. The lowest BCUT2D eigenvalue weighted by Crippen LogP contribution is -2.48. The second kappa shape index (κ2) is 12.9. The van der Waals surface area contributed by atoms with Gasteiger partial charge in [-0.3, -0.25) is 9.59 Å². The van der Waals surface area contributed by atoms with E-state index in [1.165, 1.54) is 46.6 Å². The van der Waals surface area contributed by atoms with E-state index >= 15 is 0 Å².